The fourth-order valence-corrected chi connectivity index (χ4v) is 2.54. The normalized spacial score (nSPS) is 11.2. The quantitative estimate of drug-likeness (QED) is 0.752. The van der Waals surface area contributed by atoms with Gasteiger partial charge >= 0.3 is 0 Å². The SMILES string of the molecule is Cc1cc(C)c(CCN(C)CCCCN)c(C)c1. The summed E-state index contributed by atoms with van der Waals surface area (Å²) in [6, 6.07) is 4.58. The summed E-state index contributed by atoms with van der Waals surface area (Å²) in [5.41, 5.74) is 11.3. The van der Waals surface area contributed by atoms with Crippen molar-refractivity contribution >= 4 is 0 Å². The fourth-order valence-electron chi connectivity index (χ4n) is 2.54. The molecule has 1 rings (SSSR count). The predicted octanol–water partition coefficient (Wildman–Crippen LogP) is 2.83. The van der Waals surface area contributed by atoms with Crippen molar-refractivity contribution in [2.45, 2.75) is 40.0 Å². The highest BCUT2D eigenvalue weighted by Gasteiger charge is 2.05. The Morgan fingerprint density at radius 3 is 2.17 bits per heavy atom. The van der Waals surface area contributed by atoms with Gasteiger partial charge in [-0.15, -0.1) is 0 Å². The van der Waals surface area contributed by atoms with Gasteiger partial charge < -0.3 is 10.6 Å². The summed E-state index contributed by atoms with van der Waals surface area (Å²) >= 11 is 0. The molecule has 2 heteroatoms. The lowest BCUT2D eigenvalue weighted by atomic mass is 9.97. The van der Waals surface area contributed by atoms with Crippen LogP contribution < -0.4 is 5.73 Å². The number of aryl methyl sites for hydroxylation is 3. The first-order valence-corrected chi connectivity index (χ1v) is 7.00. The monoisotopic (exact) mass is 248 g/mol. The summed E-state index contributed by atoms with van der Waals surface area (Å²) in [6.45, 7) is 9.72. The zero-order valence-electron chi connectivity index (χ0n) is 12.4. The second-order valence-corrected chi connectivity index (χ2v) is 5.43. The number of hydrogen-bond acceptors (Lipinski definition) is 2. The average Bonchev–Trinajstić information content (AvgIpc) is 2.27. The van der Waals surface area contributed by atoms with Crippen LogP contribution >= 0.6 is 0 Å². The average molecular weight is 248 g/mol. The van der Waals surface area contributed by atoms with E-state index in [9.17, 15) is 0 Å². The van der Waals surface area contributed by atoms with E-state index in [1.807, 2.05) is 0 Å². The van der Waals surface area contributed by atoms with Gasteiger partial charge in [-0.1, -0.05) is 17.7 Å². The highest BCUT2D eigenvalue weighted by atomic mass is 15.1. The van der Waals surface area contributed by atoms with Gasteiger partial charge in [-0.25, -0.2) is 0 Å². The van der Waals surface area contributed by atoms with Gasteiger partial charge in [-0.05, 0) is 76.9 Å². The standard InChI is InChI=1S/C16H28N2/c1-13-11-14(2)16(15(3)12-13)7-10-18(4)9-6-5-8-17/h11-12H,5-10,17H2,1-4H3. The number of unbranched alkanes of at least 4 members (excludes halogenated alkanes) is 1. The van der Waals surface area contributed by atoms with Crippen LogP contribution in [0.4, 0.5) is 0 Å². The second-order valence-electron chi connectivity index (χ2n) is 5.43. The van der Waals surface area contributed by atoms with Gasteiger partial charge in [0.2, 0.25) is 0 Å². The number of benzene rings is 1. The van der Waals surface area contributed by atoms with Crippen LogP contribution in [0.5, 0.6) is 0 Å². The Hall–Kier alpha value is -0.860. The van der Waals surface area contributed by atoms with Crippen molar-refractivity contribution in [1.82, 2.24) is 4.90 Å². The fraction of sp³-hybridized carbons (Fsp3) is 0.625. The smallest absolute Gasteiger partial charge is 0.00190 e. The molecule has 0 unspecified atom stereocenters. The first-order valence-electron chi connectivity index (χ1n) is 7.00. The molecule has 0 atom stereocenters. The van der Waals surface area contributed by atoms with Gasteiger partial charge in [0, 0.05) is 6.54 Å². The number of likely N-dealkylation sites (N-methyl/N-ethyl adjacent to an activating group) is 1. The van der Waals surface area contributed by atoms with Crippen molar-refractivity contribution in [3.63, 3.8) is 0 Å². The summed E-state index contributed by atoms with van der Waals surface area (Å²) in [6.07, 6.45) is 3.49. The third-order valence-corrected chi connectivity index (χ3v) is 3.58. The van der Waals surface area contributed by atoms with Crippen molar-refractivity contribution in [2.75, 3.05) is 26.7 Å². The van der Waals surface area contributed by atoms with E-state index in [0.29, 0.717) is 0 Å². The Kier molecular flexibility index (Phi) is 6.37. The molecular weight excluding hydrogens is 220 g/mol. The molecule has 1 aromatic carbocycles. The van der Waals surface area contributed by atoms with Crippen LogP contribution in [0.2, 0.25) is 0 Å². The molecule has 0 saturated carbocycles. The molecule has 0 radical (unpaired) electrons. The van der Waals surface area contributed by atoms with Crippen molar-refractivity contribution in [3.8, 4) is 0 Å². The molecule has 0 saturated heterocycles. The molecular formula is C16H28N2. The van der Waals surface area contributed by atoms with E-state index in [2.05, 4.69) is 44.9 Å². The summed E-state index contributed by atoms with van der Waals surface area (Å²) in [4.78, 5) is 2.41. The lowest BCUT2D eigenvalue weighted by molar-refractivity contribution is 0.330. The van der Waals surface area contributed by atoms with Crippen LogP contribution in [0, 0.1) is 20.8 Å². The van der Waals surface area contributed by atoms with Gasteiger partial charge in [-0.3, -0.25) is 0 Å². The molecule has 1 aromatic rings. The minimum absolute atomic E-state index is 0.810. The topological polar surface area (TPSA) is 29.3 Å². The van der Waals surface area contributed by atoms with E-state index in [0.717, 1.165) is 32.5 Å². The van der Waals surface area contributed by atoms with Gasteiger partial charge in [0.15, 0.2) is 0 Å². The van der Waals surface area contributed by atoms with Crippen LogP contribution in [0.1, 0.15) is 35.1 Å². The molecule has 0 aliphatic heterocycles. The van der Waals surface area contributed by atoms with Gasteiger partial charge in [0.1, 0.15) is 0 Å². The number of hydrogen-bond donors (Lipinski definition) is 1. The molecule has 0 heterocycles. The largest absolute Gasteiger partial charge is 0.330 e. The van der Waals surface area contributed by atoms with E-state index < -0.39 is 0 Å². The maximum atomic E-state index is 5.52. The first kappa shape index (κ1) is 15.2. The van der Waals surface area contributed by atoms with Crippen molar-refractivity contribution in [2.24, 2.45) is 5.73 Å². The van der Waals surface area contributed by atoms with E-state index in [-0.39, 0.29) is 0 Å². The molecule has 0 amide bonds. The van der Waals surface area contributed by atoms with E-state index in [4.69, 9.17) is 5.73 Å². The molecule has 0 bridgehead atoms. The Balaban J connectivity index is 2.48. The van der Waals surface area contributed by atoms with Crippen LogP contribution in [0.15, 0.2) is 12.1 Å². The molecule has 0 spiro atoms. The maximum absolute atomic E-state index is 5.52. The van der Waals surface area contributed by atoms with E-state index >= 15 is 0 Å². The van der Waals surface area contributed by atoms with Crippen LogP contribution in [-0.4, -0.2) is 31.6 Å². The maximum Gasteiger partial charge on any atom is 0.00190 e. The summed E-state index contributed by atoms with van der Waals surface area (Å²) in [5.74, 6) is 0. The van der Waals surface area contributed by atoms with E-state index in [1.165, 1.54) is 28.7 Å². The number of nitrogens with zero attached hydrogens (tertiary/aromatic N) is 1. The molecule has 0 aliphatic rings. The molecule has 102 valence electrons. The zero-order chi connectivity index (χ0) is 13.5. The third kappa shape index (κ3) is 4.79. The number of rotatable bonds is 7. The molecule has 0 fully saturated rings. The summed E-state index contributed by atoms with van der Waals surface area (Å²) in [5, 5.41) is 0. The number of nitrogens with two attached hydrogens (primary N) is 1. The molecule has 2 nitrogen and oxygen atoms in total. The molecule has 2 N–H and O–H groups in total. The first-order chi connectivity index (χ1) is 8.54. The van der Waals surface area contributed by atoms with Gasteiger partial charge in [0.05, 0.1) is 0 Å². The minimum Gasteiger partial charge on any atom is -0.330 e. The summed E-state index contributed by atoms with van der Waals surface area (Å²) < 4.78 is 0. The second kappa shape index (κ2) is 7.55. The Morgan fingerprint density at radius 1 is 1.00 bits per heavy atom. The molecule has 0 aromatic heterocycles. The van der Waals surface area contributed by atoms with Crippen molar-refractivity contribution in [3.05, 3.63) is 34.4 Å². The highest BCUT2D eigenvalue weighted by Crippen LogP contribution is 2.17. The predicted molar refractivity (Wildman–Crippen MR) is 80.1 cm³/mol. The van der Waals surface area contributed by atoms with Gasteiger partial charge in [-0.2, -0.15) is 0 Å². The zero-order valence-corrected chi connectivity index (χ0v) is 12.4. The lowest BCUT2D eigenvalue weighted by Gasteiger charge is -2.18. The van der Waals surface area contributed by atoms with Gasteiger partial charge in [0.25, 0.3) is 0 Å². The summed E-state index contributed by atoms with van der Waals surface area (Å²) in [7, 11) is 2.20. The molecule has 18 heavy (non-hydrogen) atoms. The minimum atomic E-state index is 0.810. The van der Waals surface area contributed by atoms with Crippen LogP contribution in [0.25, 0.3) is 0 Å². The van der Waals surface area contributed by atoms with E-state index in [1.54, 1.807) is 0 Å². The lowest BCUT2D eigenvalue weighted by Crippen LogP contribution is -2.23. The van der Waals surface area contributed by atoms with Crippen LogP contribution in [0.3, 0.4) is 0 Å². The third-order valence-electron chi connectivity index (χ3n) is 3.58. The Labute approximate surface area is 112 Å². The Bertz CT molecular complexity index is 348. The molecule has 0 aliphatic carbocycles. The van der Waals surface area contributed by atoms with Crippen molar-refractivity contribution < 1.29 is 0 Å². The van der Waals surface area contributed by atoms with Crippen molar-refractivity contribution in [1.29, 1.82) is 0 Å². The Morgan fingerprint density at radius 2 is 1.61 bits per heavy atom. The van der Waals surface area contributed by atoms with Crippen LogP contribution in [-0.2, 0) is 6.42 Å². The highest BCUT2D eigenvalue weighted by molar-refractivity contribution is 5.37.